The van der Waals surface area contributed by atoms with Crippen LogP contribution in [0.2, 0.25) is 0 Å². The largest absolute Gasteiger partial charge is 0.497 e. The van der Waals surface area contributed by atoms with Crippen molar-refractivity contribution in [3.8, 4) is 5.75 Å². The number of hydrogen-bond donors (Lipinski definition) is 3. The summed E-state index contributed by atoms with van der Waals surface area (Å²) in [6.45, 7) is -0.675. The maximum Gasteiger partial charge on any atom is 0.338 e. The zero-order valence-electron chi connectivity index (χ0n) is 17.9. The quantitative estimate of drug-likeness (QED) is 0.389. The normalized spacial score (nSPS) is 10.7. The van der Waals surface area contributed by atoms with Crippen molar-refractivity contribution >= 4 is 33.6 Å². The molecule has 178 valence electrons. The maximum absolute atomic E-state index is 12.7. The fraction of sp³-hybridized carbons (Fsp3) is 0.136. The zero-order chi connectivity index (χ0) is 24.6. The van der Waals surface area contributed by atoms with Gasteiger partial charge in [-0.3, -0.25) is 14.8 Å². The average molecular weight is 487 g/mol. The van der Waals surface area contributed by atoms with Crippen LogP contribution in [0.15, 0.2) is 76.2 Å². The molecule has 1 heterocycles. The number of carbonyl (C=O) groups excluding carboxylic acids is 3. The van der Waals surface area contributed by atoms with Crippen molar-refractivity contribution in [2.75, 3.05) is 18.4 Å². The van der Waals surface area contributed by atoms with Gasteiger partial charge in [0, 0.05) is 5.69 Å². The van der Waals surface area contributed by atoms with Gasteiger partial charge in [-0.05, 0) is 54.6 Å². The Morgan fingerprint density at radius 2 is 1.76 bits per heavy atom. The van der Waals surface area contributed by atoms with E-state index in [9.17, 15) is 22.8 Å². The molecule has 0 saturated carbocycles. The van der Waals surface area contributed by atoms with Gasteiger partial charge in [0.25, 0.3) is 15.9 Å². The molecule has 0 radical (unpaired) electrons. The number of esters is 1. The second-order valence-electron chi connectivity index (χ2n) is 6.75. The molecule has 3 amide bonds. The van der Waals surface area contributed by atoms with Gasteiger partial charge in [0.15, 0.2) is 6.61 Å². The highest BCUT2D eigenvalue weighted by Gasteiger charge is 2.18. The van der Waals surface area contributed by atoms with E-state index in [-0.39, 0.29) is 17.0 Å². The molecule has 11 nitrogen and oxygen atoms in total. The second-order valence-corrected chi connectivity index (χ2v) is 8.43. The number of sulfonamides is 1. The number of methoxy groups -OCH3 is 1. The Kier molecular flexibility index (Phi) is 7.88. The Morgan fingerprint density at radius 3 is 2.44 bits per heavy atom. The summed E-state index contributed by atoms with van der Waals surface area (Å²) in [6, 6.07) is 13.8. The lowest BCUT2D eigenvalue weighted by Crippen LogP contribution is -2.41. The van der Waals surface area contributed by atoms with Crippen molar-refractivity contribution in [1.82, 2.24) is 10.6 Å². The van der Waals surface area contributed by atoms with Crippen LogP contribution in [0.5, 0.6) is 5.75 Å². The molecule has 3 rings (SSSR count). The highest BCUT2D eigenvalue weighted by Crippen LogP contribution is 2.20. The number of rotatable bonds is 9. The van der Waals surface area contributed by atoms with Crippen molar-refractivity contribution in [1.29, 1.82) is 0 Å². The minimum Gasteiger partial charge on any atom is -0.497 e. The number of ether oxygens (including phenoxy) is 2. The lowest BCUT2D eigenvalue weighted by Gasteiger charge is -2.10. The molecule has 0 aliphatic carbocycles. The molecular formula is C22H21N3O8S. The molecule has 0 bridgehead atoms. The van der Waals surface area contributed by atoms with Crippen LogP contribution in [0.1, 0.15) is 16.1 Å². The molecular weight excluding hydrogens is 466 g/mol. The van der Waals surface area contributed by atoms with Gasteiger partial charge in [0.2, 0.25) is 0 Å². The van der Waals surface area contributed by atoms with E-state index >= 15 is 0 Å². The topological polar surface area (TPSA) is 153 Å². The van der Waals surface area contributed by atoms with Gasteiger partial charge in [0.05, 0.1) is 30.4 Å². The van der Waals surface area contributed by atoms with E-state index in [1.165, 1.54) is 43.7 Å². The van der Waals surface area contributed by atoms with E-state index in [0.717, 1.165) is 6.07 Å². The van der Waals surface area contributed by atoms with E-state index in [0.29, 0.717) is 17.2 Å². The summed E-state index contributed by atoms with van der Waals surface area (Å²) in [5.74, 6) is -0.750. The van der Waals surface area contributed by atoms with Crippen molar-refractivity contribution in [3.63, 3.8) is 0 Å². The Morgan fingerprint density at radius 1 is 1.00 bits per heavy atom. The summed E-state index contributed by atoms with van der Waals surface area (Å²) in [5.41, 5.74) is 0.212. The third kappa shape index (κ3) is 6.84. The van der Waals surface area contributed by atoms with Crippen molar-refractivity contribution in [2.45, 2.75) is 11.4 Å². The number of urea groups is 1. The predicted molar refractivity (Wildman–Crippen MR) is 120 cm³/mol. The second kappa shape index (κ2) is 11.0. The number of anilines is 1. The number of imide groups is 1. The third-order valence-electron chi connectivity index (χ3n) is 4.31. The fourth-order valence-corrected chi connectivity index (χ4v) is 3.77. The highest BCUT2D eigenvalue weighted by molar-refractivity contribution is 7.92. The van der Waals surface area contributed by atoms with Crippen molar-refractivity contribution < 1.29 is 36.7 Å². The van der Waals surface area contributed by atoms with Crippen LogP contribution in [-0.4, -0.2) is 40.0 Å². The fourth-order valence-electron chi connectivity index (χ4n) is 2.67. The van der Waals surface area contributed by atoms with Crippen LogP contribution in [0, 0.1) is 0 Å². The molecule has 0 spiro atoms. The van der Waals surface area contributed by atoms with E-state index in [1.807, 2.05) is 5.32 Å². The molecule has 3 N–H and O–H groups in total. The smallest absolute Gasteiger partial charge is 0.338 e. The summed E-state index contributed by atoms with van der Waals surface area (Å²) >= 11 is 0. The van der Waals surface area contributed by atoms with Gasteiger partial charge in [-0.1, -0.05) is 6.07 Å². The van der Waals surface area contributed by atoms with E-state index in [4.69, 9.17) is 13.9 Å². The number of nitrogens with one attached hydrogen (secondary N) is 3. The van der Waals surface area contributed by atoms with Gasteiger partial charge in [-0.2, -0.15) is 0 Å². The Hall–Kier alpha value is -4.32. The molecule has 2 aromatic carbocycles. The highest BCUT2D eigenvalue weighted by atomic mass is 32.2. The molecule has 3 aromatic rings. The van der Waals surface area contributed by atoms with Gasteiger partial charge < -0.3 is 19.2 Å². The third-order valence-corrected chi connectivity index (χ3v) is 5.69. The van der Waals surface area contributed by atoms with Gasteiger partial charge >= 0.3 is 12.0 Å². The molecule has 0 aliphatic rings. The monoisotopic (exact) mass is 487 g/mol. The zero-order valence-corrected chi connectivity index (χ0v) is 18.8. The van der Waals surface area contributed by atoms with E-state index in [1.54, 1.807) is 24.3 Å². The predicted octanol–water partition coefficient (Wildman–Crippen LogP) is 2.27. The Bertz CT molecular complexity index is 1260. The average Bonchev–Trinajstić information content (AvgIpc) is 3.35. The van der Waals surface area contributed by atoms with E-state index in [2.05, 4.69) is 10.0 Å². The molecule has 0 saturated heterocycles. The Labute approximate surface area is 195 Å². The first kappa shape index (κ1) is 24.3. The molecule has 12 heteroatoms. The lowest BCUT2D eigenvalue weighted by molar-refractivity contribution is -0.123. The van der Waals surface area contributed by atoms with Crippen molar-refractivity contribution in [2.24, 2.45) is 0 Å². The molecule has 0 unspecified atom stereocenters. The van der Waals surface area contributed by atoms with Crippen molar-refractivity contribution in [3.05, 3.63) is 78.3 Å². The minimum atomic E-state index is -4.00. The van der Waals surface area contributed by atoms with Gasteiger partial charge in [0.1, 0.15) is 11.5 Å². The standard InChI is InChI=1S/C22H21N3O8S/c1-31-17-9-7-16(8-10-17)25-34(29,30)19-6-2-4-15(12-19)21(27)33-14-20(26)24-22(28)23-13-18-5-3-11-32-18/h2-12,25H,13-14H2,1H3,(H2,23,24,26,28). The minimum absolute atomic E-state index is 0.0672. The summed E-state index contributed by atoms with van der Waals surface area (Å²) in [7, 11) is -2.51. The number of carbonyl (C=O) groups is 3. The first-order chi connectivity index (χ1) is 16.3. The Balaban J connectivity index is 1.54. The summed E-state index contributed by atoms with van der Waals surface area (Å²) in [4.78, 5) is 35.6. The number of hydrogen-bond acceptors (Lipinski definition) is 8. The number of benzene rings is 2. The van der Waals surface area contributed by atoms with Gasteiger partial charge in [-0.25, -0.2) is 18.0 Å². The molecule has 1 aromatic heterocycles. The van der Waals surface area contributed by atoms with Crippen LogP contribution in [0.25, 0.3) is 0 Å². The number of amides is 3. The summed E-state index contributed by atoms with van der Waals surface area (Å²) in [5, 5.41) is 4.40. The van der Waals surface area contributed by atoms with Crippen LogP contribution in [0.4, 0.5) is 10.5 Å². The van der Waals surface area contributed by atoms with Gasteiger partial charge in [-0.15, -0.1) is 0 Å². The summed E-state index contributed by atoms with van der Waals surface area (Å²) < 4.78 is 42.7. The van der Waals surface area contributed by atoms with Crippen LogP contribution in [-0.2, 0) is 26.1 Å². The maximum atomic E-state index is 12.7. The van der Waals surface area contributed by atoms with Crippen LogP contribution >= 0.6 is 0 Å². The molecule has 0 atom stereocenters. The lowest BCUT2D eigenvalue weighted by atomic mass is 10.2. The first-order valence-corrected chi connectivity index (χ1v) is 11.3. The molecule has 34 heavy (non-hydrogen) atoms. The molecule has 0 aliphatic heterocycles. The summed E-state index contributed by atoms with van der Waals surface area (Å²) in [6.07, 6.45) is 1.44. The SMILES string of the molecule is COc1ccc(NS(=O)(=O)c2cccc(C(=O)OCC(=O)NC(=O)NCc3ccco3)c2)cc1. The van der Waals surface area contributed by atoms with Crippen LogP contribution in [0.3, 0.4) is 0 Å². The van der Waals surface area contributed by atoms with Crippen LogP contribution < -0.4 is 20.1 Å². The first-order valence-electron chi connectivity index (χ1n) is 9.81. The number of furan rings is 1. The molecule has 0 fully saturated rings. The van der Waals surface area contributed by atoms with E-state index < -0.39 is 34.5 Å².